The molecule has 1 aromatic rings. The number of alkyl halides is 3. The van der Waals surface area contributed by atoms with Crippen molar-refractivity contribution in [3.8, 4) is 5.75 Å². The van der Waals surface area contributed by atoms with Gasteiger partial charge in [-0.2, -0.15) is 0 Å². The van der Waals surface area contributed by atoms with E-state index in [9.17, 15) is 13.2 Å². The lowest BCUT2D eigenvalue weighted by atomic mass is 10.1. The smallest absolute Gasteiger partial charge is 0.261 e. The molecule has 0 fully saturated rings. The van der Waals surface area contributed by atoms with Crippen LogP contribution < -0.4 is 4.74 Å². The predicted octanol–water partition coefficient (Wildman–Crippen LogP) is 3.94. The van der Waals surface area contributed by atoms with Gasteiger partial charge in [0.2, 0.25) is 0 Å². The van der Waals surface area contributed by atoms with Crippen LogP contribution in [0.25, 0.3) is 0 Å². The summed E-state index contributed by atoms with van der Waals surface area (Å²) in [6, 6.07) is 4.52. The molecule has 1 aromatic carbocycles. The Balaban J connectivity index is 2.48. The molecule has 1 rings (SSSR count). The Morgan fingerprint density at radius 1 is 1.33 bits per heavy atom. The Morgan fingerprint density at radius 2 is 2.06 bits per heavy atom. The van der Waals surface area contributed by atoms with E-state index in [-0.39, 0.29) is 11.4 Å². The van der Waals surface area contributed by atoms with Crippen LogP contribution in [-0.2, 0) is 4.74 Å². The van der Waals surface area contributed by atoms with Gasteiger partial charge in [-0.15, -0.1) is 0 Å². The average molecular weight is 327 g/mol. The number of benzene rings is 1. The van der Waals surface area contributed by atoms with Gasteiger partial charge in [-0.05, 0) is 12.5 Å². The summed E-state index contributed by atoms with van der Waals surface area (Å²) < 4.78 is 46.9. The molecule has 0 saturated heterocycles. The second-order valence-electron chi connectivity index (χ2n) is 3.61. The first-order valence-corrected chi connectivity index (χ1v) is 6.29. The van der Waals surface area contributed by atoms with E-state index in [4.69, 9.17) is 9.47 Å². The van der Waals surface area contributed by atoms with Crippen molar-refractivity contribution in [1.82, 2.24) is 0 Å². The number of rotatable bonds is 7. The van der Waals surface area contributed by atoms with Gasteiger partial charge in [0.25, 0.3) is 6.43 Å². The average Bonchev–Trinajstić information content (AvgIpc) is 2.33. The molecule has 102 valence electrons. The van der Waals surface area contributed by atoms with E-state index in [0.717, 1.165) is 0 Å². The molecule has 0 N–H and O–H groups in total. The zero-order valence-corrected chi connectivity index (χ0v) is 11.4. The summed E-state index contributed by atoms with van der Waals surface area (Å²) in [5, 5.41) is 0. The molecule has 0 radical (unpaired) electrons. The minimum absolute atomic E-state index is 0.145. The fourth-order valence-electron chi connectivity index (χ4n) is 1.40. The first-order valence-electron chi connectivity index (χ1n) is 5.38. The van der Waals surface area contributed by atoms with E-state index >= 15 is 0 Å². The molecule has 0 saturated carbocycles. The molecule has 0 aliphatic heterocycles. The maximum atomic E-state index is 13.7. The van der Waals surface area contributed by atoms with Gasteiger partial charge in [0.1, 0.15) is 18.2 Å². The molecule has 1 atom stereocenters. The van der Waals surface area contributed by atoms with Crippen LogP contribution in [0.4, 0.5) is 13.2 Å². The number of methoxy groups -OCH3 is 1. The second-order valence-corrected chi connectivity index (χ2v) is 4.71. The van der Waals surface area contributed by atoms with Crippen LogP contribution in [0.5, 0.6) is 5.75 Å². The molecule has 0 bridgehead atoms. The van der Waals surface area contributed by atoms with Gasteiger partial charge in [0.15, 0.2) is 0 Å². The molecule has 0 spiro atoms. The molecule has 0 amide bonds. The highest BCUT2D eigenvalue weighted by molar-refractivity contribution is 9.09. The van der Waals surface area contributed by atoms with Crippen LogP contribution in [0.3, 0.4) is 0 Å². The molecule has 0 aromatic heterocycles. The highest BCUT2D eigenvalue weighted by atomic mass is 79.9. The first kappa shape index (κ1) is 15.3. The second kappa shape index (κ2) is 7.63. The zero-order chi connectivity index (χ0) is 13.5. The Kier molecular flexibility index (Phi) is 6.49. The topological polar surface area (TPSA) is 18.5 Å². The van der Waals surface area contributed by atoms with Gasteiger partial charge in [-0.25, -0.2) is 13.2 Å². The summed E-state index contributed by atoms with van der Waals surface area (Å²) in [5.74, 6) is 0.0370. The van der Waals surface area contributed by atoms with Crippen molar-refractivity contribution in [2.24, 2.45) is 0 Å². The molecule has 1 unspecified atom stereocenters. The van der Waals surface area contributed by atoms with Crippen molar-refractivity contribution in [3.63, 3.8) is 0 Å². The van der Waals surface area contributed by atoms with E-state index in [1.54, 1.807) is 12.1 Å². The summed E-state index contributed by atoms with van der Waals surface area (Å²) in [4.78, 5) is -0.277. The third-order valence-corrected chi connectivity index (χ3v) is 3.26. The highest BCUT2D eigenvalue weighted by Crippen LogP contribution is 2.30. The van der Waals surface area contributed by atoms with Crippen molar-refractivity contribution in [1.29, 1.82) is 0 Å². The molecule has 18 heavy (non-hydrogen) atoms. The Bertz CT molecular complexity index is 374. The van der Waals surface area contributed by atoms with Crippen molar-refractivity contribution < 1.29 is 22.6 Å². The van der Waals surface area contributed by atoms with Crippen LogP contribution in [0, 0.1) is 5.82 Å². The van der Waals surface area contributed by atoms with Gasteiger partial charge in [-0.1, -0.05) is 22.0 Å². The summed E-state index contributed by atoms with van der Waals surface area (Å²) in [5.41, 5.74) is 0.455. The van der Waals surface area contributed by atoms with Gasteiger partial charge in [0.05, 0.1) is 7.11 Å². The van der Waals surface area contributed by atoms with E-state index in [1.807, 2.05) is 0 Å². The fraction of sp³-hybridized carbons (Fsp3) is 0.500. The lowest BCUT2D eigenvalue weighted by Crippen LogP contribution is -2.07. The largest absolute Gasteiger partial charge is 0.497 e. The Hall–Kier alpha value is -0.750. The van der Waals surface area contributed by atoms with E-state index in [2.05, 4.69) is 15.9 Å². The summed E-state index contributed by atoms with van der Waals surface area (Å²) in [6.07, 6.45) is -2.06. The van der Waals surface area contributed by atoms with Gasteiger partial charge in [-0.3, -0.25) is 0 Å². The molecular weight excluding hydrogens is 313 g/mol. The maximum absolute atomic E-state index is 13.7. The normalized spacial score (nSPS) is 12.8. The number of hydrogen-bond acceptors (Lipinski definition) is 2. The van der Waals surface area contributed by atoms with Gasteiger partial charge in [0, 0.05) is 23.1 Å². The van der Waals surface area contributed by atoms with Crippen LogP contribution in [0.15, 0.2) is 18.2 Å². The highest BCUT2D eigenvalue weighted by Gasteiger charge is 2.13. The Labute approximate surface area is 112 Å². The van der Waals surface area contributed by atoms with Crippen molar-refractivity contribution in [2.75, 3.05) is 20.3 Å². The number of ether oxygens (including phenoxy) is 2. The summed E-state index contributed by atoms with van der Waals surface area (Å²) in [7, 11) is 1.46. The summed E-state index contributed by atoms with van der Waals surface area (Å²) in [6.45, 7) is -0.448. The van der Waals surface area contributed by atoms with E-state index in [0.29, 0.717) is 17.7 Å². The SMILES string of the molecule is COc1ccc(C(Br)CCOCC(F)F)c(F)c1. The van der Waals surface area contributed by atoms with Crippen molar-refractivity contribution in [2.45, 2.75) is 17.7 Å². The summed E-state index contributed by atoms with van der Waals surface area (Å²) >= 11 is 3.30. The Morgan fingerprint density at radius 3 is 2.61 bits per heavy atom. The maximum Gasteiger partial charge on any atom is 0.261 e. The standard InChI is InChI=1S/C12H14BrF3O2/c1-17-8-2-3-9(11(14)6-8)10(13)4-5-18-7-12(15)16/h2-3,6,10,12H,4-5,7H2,1H3. The predicted molar refractivity (Wildman–Crippen MR) is 66.1 cm³/mol. The molecule has 2 nitrogen and oxygen atoms in total. The quantitative estimate of drug-likeness (QED) is 0.558. The molecular formula is C12H14BrF3O2. The zero-order valence-electron chi connectivity index (χ0n) is 9.84. The van der Waals surface area contributed by atoms with Gasteiger partial charge < -0.3 is 9.47 Å². The number of halogens is 4. The minimum atomic E-state index is -2.48. The van der Waals surface area contributed by atoms with E-state index < -0.39 is 18.8 Å². The van der Waals surface area contributed by atoms with Crippen LogP contribution in [0.2, 0.25) is 0 Å². The lowest BCUT2D eigenvalue weighted by Gasteiger charge is -2.12. The lowest BCUT2D eigenvalue weighted by molar-refractivity contribution is 0.0167. The third-order valence-electron chi connectivity index (χ3n) is 2.30. The third kappa shape index (κ3) is 4.86. The first-order chi connectivity index (χ1) is 8.54. The van der Waals surface area contributed by atoms with E-state index in [1.165, 1.54) is 13.2 Å². The van der Waals surface area contributed by atoms with Crippen molar-refractivity contribution in [3.05, 3.63) is 29.6 Å². The number of hydrogen-bond donors (Lipinski definition) is 0. The van der Waals surface area contributed by atoms with Crippen molar-refractivity contribution >= 4 is 15.9 Å². The van der Waals surface area contributed by atoms with Crippen LogP contribution in [0.1, 0.15) is 16.8 Å². The fourth-order valence-corrected chi connectivity index (χ4v) is 1.96. The molecule has 0 heterocycles. The minimum Gasteiger partial charge on any atom is -0.497 e. The molecule has 6 heteroatoms. The molecule has 0 aliphatic carbocycles. The van der Waals surface area contributed by atoms with Gasteiger partial charge >= 0.3 is 0 Å². The monoisotopic (exact) mass is 326 g/mol. The molecule has 0 aliphatic rings. The van der Waals surface area contributed by atoms with Crippen LogP contribution in [-0.4, -0.2) is 26.7 Å². The van der Waals surface area contributed by atoms with Crippen LogP contribution >= 0.6 is 15.9 Å².